The molecular formula is C15H26N2O2S2. The summed E-state index contributed by atoms with van der Waals surface area (Å²) < 4.78 is 27.8. The number of sulfonamides is 1. The van der Waals surface area contributed by atoms with Crippen molar-refractivity contribution in [3.05, 3.63) is 17.0 Å². The first-order valence-electron chi connectivity index (χ1n) is 7.90. The Morgan fingerprint density at radius 1 is 1.29 bits per heavy atom. The Morgan fingerprint density at radius 2 is 2.05 bits per heavy atom. The van der Waals surface area contributed by atoms with Gasteiger partial charge >= 0.3 is 0 Å². The number of unbranched alkanes of at least 4 members (excludes halogenated alkanes) is 1. The molecule has 2 rings (SSSR count). The molecule has 0 radical (unpaired) electrons. The summed E-state index contributed by atoms with van der Waals surface area (Å²) in [5, 5.41) is 3.32. The van der Waals surface area contributed by atoms with E-state index in [9.17, 15) is 8.42 Å². The minimum absolute atomic E-state index is 0.241. The highest BCUT2D eigenvalue weighted by Gasteiger charge is 2.38. The Labute approximate surface area is 132 Å². The number of hydrogen-bond acceptors (Lipinski definition) is 4. The van der Waals surface area contributed by atoms with E-state index in [1.54, 1.807) is 10.4 Å². The molecule has 1 heterocycles. The molecule has 1 N–H and O–H groups in total. The highest BCUT2D eigenvalue weighted by Crippen LogP contribution is 2.34. The first-order chi connectivity index (χ1) is 10.1. The van der Waals surface area contributed by atoms with Crippen molar-refractivity contribution in [1.29, 1.82) is 0 Å². The van der Waals surface area contributed by atoms with Crippen LogP contribution in [0.15, 0.2) is 16.3 Å². The van der Waals surface area contributed by atoms with Gasteiger partial charge in [-0.1, -0.05) is 20.3 Å². The van der Waals surface area contributed by atoms with Gasteiger partial charge < -0.3 is 5.32 Å². The molecule has 1 aliphatic carbocycles. The van der Waals surface area contributed by atoms with Crippen molar-refractivity contribution in [3.63, 3.8) is 0 Å². The maximum atomic E-state index is 12.8. The molecule has 0 saturated heterocycles. The molecule has 0 aromatic carbocycles. The number of rotatable bonds is 10. The van der Waals surface area contributed by atoms with Crippen LogP contribution in [0.1, 0.15) is 50.8 Å². The van der Waals surface area contributed by atoms with Crippen molar-refractivity contribution in [2.45, 2.75) is 62.7 Å². The monoisotopic (exact) mass is 330 g/mol. The topological polar surface area (TPSA) is 49.4 Å². The van der Waals surface area contributed by atoms with Gasteiger partial charge in [0, 0.05) is 24.0 Å². The van der Waals surface area contributed by atoms with Crippen molar-refractivity contribution < 1.29 is 8.42 Å². The fourth-order valence-corrected chi connectivity index (χ4v) is 5.45. The smallest absolute Gasteiger partial charge is 0.252 e. The van der Waals surface area contributed by atoms with Gasteiger partial charge in [0.1, 0.15) is 4.21 Å². The van der Waals surface area contributed by atoms with Gasteiger partial charge in [0.25, 0.3) is 10.0 Å². The summed E-state index contributed by atoms with van der Waals surface area (Å²) >= 11 is 1.41. The molecule has 6 heteroatoms. The van der Waals surface area contributed by atoms with Crippen LogP contribution in [0, 0.1) is 0 Å². The quantitative estimate of drug-likeness (QED) is 0.670. The molecule has 0 unspecified atom stereocenters. The minimum atomic E-state index is -3.30. The molecule has 1 saturated carbocycles. The molecule has 120 valence electrons. The molecule has 0 spiro atoms. The molecule has 0 atom stereocenters. The first-order valence-corrected chi connectivity index (χ1v) is 10.2. The van der Waals surface area contributed by atoms with Gasteiger partial charge in [0.15, 0.2) is 0 Å². The molecule has 1 fully saturated rings. The lowest BCUT2D eigenvalue weighted by Gasteiger charge is -2.20. The Hall–Kier alpha value is -0.430. The summed E-state index contributed by atoms with van der Waals surface area (Å²) in [5.74, 6) is 0. The summed E-state index contributed by atoms with van der Waals surface area (Å²) in [5.41, 5.74) is 0. The van der Waals surface area contributed by atoms with Crippen LogP contribution in [0.5, 0.6) is 0 Å². The van der Waals surface area contributed by atoms with E-state index in [2.05, 4.69) is 19.2 Å². The predicted molar refractivity (Wildman–Crippen MR) is 88.1 cm³/mol. The Bertz CT molecular complexity index is 536. The maximum absolute atomic E-state index is 12.8. The molecule has 0 amide bonds. The van der Waals surface area contributed by atoms with Gasteiger partial charge in [-0.05, 0) is 44.4 Å². The van der Waals surface area contributed by atoms with Crippen LogP contribution in [0.3, 0.4) is 0 Å². The van der Waals surface area contributed by atoms with Gasteiger partial charge in [0.05, 0.1) is 0 Å². The molecular weight excluding hydrogens is 304 g/mol. The van der Waals surface area contributed by atoms with E-state index in [4.69, 9.17) is 0 Å². The second-order valence-corrected chi connectivity index (χ2v) is 8.88. The highest BCUT2D eigenvalue weighted by atomic mass is 32.2. The van der Waals surface area contributed by atoms with Crippen LogP contribution in [0.2, 0.25) is 0 Å². The Balaban J connectivity index is 2.06. The third-order valence-electron chi connectivity index (χ3n) is 3.61. The molecule has 21 heavy (non-hydrogen) atoms. The zero-order valence-electron chi connectivity index (χ0n) is 13.0. The molecule has 4 nitrogen and oxygen atoms in total. The fourth-order valence-electron chi connectivity index (χ4n) is 2.27. The predicted octanol–water partition coefficient (Wildman–Crippen LogP) is 3.20. The third kappa shape index (κ3) is 4.52. The highest BCUT2D eigenvalue weighted by molar-refractivity contribution is 7.91. The van der Waals surface area contributed by atoms with Crippen LogP contribution in [-0.4, -0.2) is 31.9 Å². The molecule has 0 bridgehead atoms. The van der Waals surface area contributed by atoms with Gasteiger partial charge in [-0.15, -0.1) is 11.3 Å². The molecule has 1 aromatic rings. The number of hydrogen-bond donors (Lipinski definition) is 1. The number of nitrogens with zero attached hydrogens (tertiary/aromatic N) is 1. The first kappa shape index (κ1) is 16.9. The summed E-state index contributed by atoms with van der Waals surface area (Å²) in [7, 11) is -3.30. The normalized spacial score (nSPS) is 15.8. The zero-order valence-corrected chi connectivity index (χ0v) is 14.6. The van der Waals surface area contributed by atoms with E-state index in [0.717, 1.165) is 50.1 Å². The van der Waals surface area contributed by atoms with Gasteiger partial charge in [-0.25, -0.2) is 8.42 Å². The SMILES string of the molecule is CCCCN(C1CC1)S(=O)(=O)c1ccc(CNCCC)s1. The summed E-state index contributed by atoms with van der Waals surface area (Å²) in [6.07, 6.45) is 5.07. The summed E-state index contributed by atoms with van der Waals surface area (Å²) in [4.78, 5) is 1.09. The second kappa shape index (κ2) is 7.72. The Morgan fingerprint density at radius 3 is 2.67 bits per heavy atom. The van der Waals surface area contributed by atoms with Crippen LogP contribution in [0.25, 0.3) is 0 Å². The average molecular weight is 331 g/mol. The lowest BCUT2D eigenvalue weighted by Crippen LogP contribution is -2.33. The standard InChI is InChI=1S/C15H26N2O2S2/c1-3-5-11-17(13-6-7-13)21(18,19)15-9-8-14(20-15)12-16-10-4-2/h8-9,13,16H,3-7,10-12H2,1-2H3. The molecule has 1 aromatic heterocycles. The van der Waals surface area contributed by atoms with Crippen LogP contribution in [0.4, 0.5) is 0 Å². The van der Waals surface area contributed by atoms with Crippen LogP contribution < -0.4 is 5.32 Å². The van der Waals surface area contributed by atoms with Crippen molar-refractivity contribution >= 4 is 21.4 Å². The van der Waals surface area contributed by atoms with E-state index in [-0.39, 0.29) is 6.04 Å². The van der Waals surface area contributed by atoms with Crippen molar-refractivity contribution in [2.75, 3.05) is 13.1 Å². The fraction of sp³-hybridized carbons (Fsp3) is 0.733. The van der Waals surface area contributed by atoms with Gasteiger partial charge in [-0.2, -0.15) is 4.31 Å². The average Bonchev–Trinajstić information content (AvgIpc) is 3.16. The minimum Gasteiger partial charge on any atom is -0.312 e. The number of thiophene rings is 1. The van der Waals surface area contributed by atoms with E-state index in [1.807, 2.05) is 6.07 Å². The van der Waals surface area contributed by atoms with Crippen LogP contribution in [-0.2, 0) is 16.6 Å². The van der Waals surface area contributed by atoms with E-state index in [0.29, 0.717) is 10.8 Å². The third-order valence-corrected chi connectivity index (χ3v) is 7.12. The lowest BCUT2D eigenvalue weighted by atomic mass is 10.3. The van der Waals surface area contributed by atoms with Crippen molar-refractivity contribution in [2.24, 2.45) is 0 Å². The Kier molecular flexibility index (Phi) is 6.22. The van der Waals surface area contributed by atoms with E-state index < -0.39 is 10.0 Å². The zero-order chi connectivity index (χ0) is 15.3. The van der Waals surface area contributed by atoms with Crippen molar-refractivity contribution in [3.8, 4) is 0 Å². The van der Waals surface area contributed by atoms with E-state index in [1.165, 1.54) is 11.3 Å². The second-order valence-electron chi connectivity index (χ2n) is 5.60. The maximum Gasteiger partial charge on any atom is 0.252 e. The van der Waals surface area contributed by atoms with Crippen LogP contribution >= 0.6 is 11.3 Å². The summed E-state index contributed by atoms with van der Waals surface area (Å²) in [6, 6.07) is 3.94. The van der Waals surface area contributed by atoms with Gasteiger partial charge in [0.2, 0.25) is 0 Å². The lowest BCUT2D eigenvalue weighted by molar-refractivity contribution is 0.397. The molecule has 0 aliphatic heterocycles. The molecule has 1 aliphatic rings. The van der Waals surface area contributed by atoms with Crippen molar-refractivity contribution in [1.82, 2.24) is 9.62 Å². The summed E-state index contributed by atoms with van der Waals surface area (Å²) in [6.45, 7) is 6.60. The number of nitrogens with one attached hydrogen (secondary N) is 1. The largest absolute Gasteiger partial charge is 0.312 e. The van der Waals surface area contributed by atoms with Gasteiger partial charge in [-0.3, -0.25) is 0 Å². The van der Waals surface area contributed by atoms with E-state index >= 15 is 0 Å².